The van der Waals surface area contributed by atoms with Crippen LogP contribution in [0.4, 0.5) is 0 Å². The number of hydrogen-bond donors (Lipinski definition) is 2. The summed E-state index contributed by atoms with van der Waals surface area (Å²) in [6.07, 6.45) is 0. The first-order valence-electron chi connectivity index (χ1n) is 9.90. The molecule has 0 saturated heterocycles. The summed E-state index contributed by atoms with van der Waals surface area (Å²) in [6, 6.07) is 26.2. The van der Waals surface area contributed by atoms with Crippen molar-refractivity contribution in [2.75, 3.05) is 0 Å². The summed E-state index contributed by atoms with van der Waals surface area (Å²) in [5, 5.41) is 4.16. The van der Waals surface area contributed by atoms with Gasteiger partial charge in [0.25, 0.3) is 11.5 Å². The molecule has 0 atom stereocenters. The number of fused-ring (bicyclic) bond motifs is 2. The lowest BCUT2D eigenvalue weighted by atomic mass is 10.0. The molecule has 0 aliphatic rings. The Kier molecular flexibility index (Phi) is 4.72. The van der Waals surface area contributed by atoms with Gasteiger partial charge in [0.2, 0.25) is 0 Å². The second-order valence-electron chi connectivity index (χ2n) is 7.15. The molecule has 2 N–H and O–H groups in total. The van der Waals surface area contributed by atoms with Gasteiger partial charge >= 0.3 is 0 Å². The highest BCUT2D eigenvalue weighted by Gasteiger charge is 2.14. The van der Waals surface area contributed by atoms with E-state index in [-0.39, 0.29) is 18.0 Å². The SMILES string of the molecule is O=C(NCc1nc2ccccc2c(=O)[nH]1)c1cc(-c2ccccc2)nc2ccccc12. The molecule has 0 spiro atoms. The zero-order valence-electron chi connectivity index (χ0n) is 16.5. The average Bonchev–Trinajstić information content (AvgIpc) is 2.82. The lowest BCUT2D eigenvalue weighted by Crippen LogP contribution is -2.26. The van der Waals surface area contributed by atoms with Gasteiger partial charge in [-0.2, -0.15) is 0 Å². The molecule has 2 aromatic heterocycles. The number of hydrogen-bond acceptors (Lipinski definition) is 4. The minimum atomic E-state index is -0.258. The molecule has 5 rings (SSSR count). The van der Waals surface area contributed by atoms with Crippen molar-refractivity contribution in [2.45, 2.75) is 6.54 Å². The molecule has 0 aliphatic heterocycles. The van der Waals surface area contributed by atoms with Crippen LogP contribution >= 0.6 is 0 Å². The Labute approximate surface area is 177 Å². The highest BCUT2D eigenvalue weighted by atomic mass is 16.1. The van der Waals surface area contributed by atoms with Crippen LogP contribution in [-0.4, -0.2) is 20.9 Å². The van der Waals surface area contributed by atoms with E-state index < -0.39 is 0 Å². The summed E-state index contributed by atoms with van der Waals surface area (Å²) < 4.78 is 0. The monoisotopic (exact) mass is 406 g/mol. The molecule has 6 heteroatoms. The van der Waals surface area contributed by atoms with Gasteiger partial charge in [-0.15, -0.1) is 0 Å². The quantitative estimate of drug-likeness (QED) is 0.471. The third kappa shape index (κ3) is 3.67. The number of aromatic nitrogens is 3. The third-order valence-corrected chi connectivity index (χ3v) is 5.11. The predicted molar refractivity (Wildman–Crippen MR) is 121 cm³/mol. The first-order valence-corrected chi connectivity index (χ1v) is 9.90. The fourth-order valence-electron chi connectivity index (χ4n) is 3.60. The van der Waals surface area contributed by atoms with E-state index >= 15 is 0 Å². The van der Waals surface area contributed by atoms with Gasteiger partial charge < -0.3 is 10.3 Å². The summed E-state index contributed by atoms with van der Waals surface area (Å²) in [7, 11) is 0. The largest absolute Gasteiger partial charge is 0.345 e. The van der Waals surface area contributed by atoms with Crippen LogP contribution in [0.15, 0.2) is 89.7 Å². The first-order chi connectivity index (χ1) is 15.2. The minimum absolute atomic E-state index is 0.107. The Bertz CT molecular complexity index is 1480. The van der Waals surface area contributed by atoms with E-state index in [2.05, 4.69) is 15.3 Å². The Morgan fingerprint density at radius 3 is 2.23 bits per heavy atom. The number of benzene rings is 3. The number of carbonyl (C=O) groups excluding carboxylic acids is 1. The molecule has 31 heavy (non-hydrogen) atoms. The van der Waals surface area contributed by atoms with E-state index in [0.717, 1.165) is 22.2 Å². The van der Waals surface area contributed by atoms with E-state index in [1.165, 1.54) is 0 Å². The molecule has 0 fully saturated rings. The number of carbonyl (C=O) groups is 1. The van der Waals surface area contributed by atoms with Crippen molar-refractivity contribution < 1.29 is 4.79 Å². The molecule has 5 aromatic rings. The summed E-state index contributed by atoms with van der Waals surface area (Å²) in [6.45, 7) is 0.107. The highest BCUT2D eigenvalue weighted by Crippen LogP contribution is 2.24. The molecular weight excluding hydrogens is 388 g/mol. The number of para-hydroxylation sites is 2. The smallest absolute Gasteiger partial charge is 0.258 e. The van der Waals surface area contributed by atoms with Gasteiger partial charge in [0.15, 0.2) is 0 Å². The molecule has 6 nitrogen and oxygen atoms in total. The molecule has 0 radical (unpaired) electrons. The fourth-order valence-corrected chi connectivity index (χ4v) is 3.60. The van der Waals surface area contributed by atoms with Gasteiger partial charge in [-0.25, -0.2) is 9.97 Å². The van der Waals surface area contributed by atoms with Crippen LogP contribution in [0.1, 0.15) is 16.2 Å². The van der Waals surface area contributed by atoms with Crippen LogP contribution in [0.3, 0.4) is 0 Å². The number of rotatable bonds is 4. The van der Waals surface area contributed by atoms with Crippen molar-refractivity contribution in [3.8, 4) is 11.3 Å². The van der Waals surface area contributed by atoms with Gasteiger partial charge in [-0.1, -0.05) is 60.7 Å². The lowest BCUT2D eigenvalue weighted by Gasteiger charge is -2.11. The Morgan fingerprint density at radius 2 is 1.45 bits per heavy atom. The van der Waals surface area contributed by atoms with E-state index in [4.69, 9.17) is 4.98 Å². The van der Waals surface area contributed by atoms with Crippen molar-refractivity contribution in [1.82, 2.24) is 20.3 Å². The summed E-state index contributed by atoms with van der Waals surface area (Å²) in [5.41, 5.74) is 3.29. The van der Waals surface area contributed by atoms with Gasteiger partial charge in [0.05, 0.1) is 34.2 Å². The third-order valence-electron chi connectivity index (χ3n) is 5.11. The van der Waals surface area contributed by atoms with Crippen molar-refractivity contribution >= 4 is 27.7 Å². The standard InChI is InChI=1S/C25H18N4O2/c30-24(26-15-23-28-21-13-7-5-11-18(21)25(31)29-23)19-14-22(16-8-2-1-3-9-16)27-20-12-6-4-10-17(19)20/h1-14H,15H2,(H,26,30)(H,28,29,31). The van der Waals surface area contributed by atoms with Gasteiger partial charge in [0, 0.05) is 10.9 Å². The molecule has 0 bridgehead atoms. The zero-order chi connectivity index (χ0) is 21.2. The van der Waals surface area contributed by atoms with E-state index in [9.17, 15) is 9.59 Å². The lowest BCUT2D eigenvalue weighted by molar-refractivity contribution is 0.0951. The Morgan fingerprint density at radius 1 is 0.806 bits per heavy atom. The van der Waals surface area contributed by atoms with Crippen LogP contribution in [0, 0.1) is 0 Å². The van der Waals surface area contributed by atoms with E-state index in [1.807, 2.05) is 60.7 Å². The fraction of sp³-hybridized carbons (Fsp3) is 0.0400. The number of pyridine rings is 1. The number of nitrogens with one attached hydrogen (secondary N) is 2. The van der Waals surface area contributed by atoms with Crippen molar-refractivity contribution in [3.63, 3.8) is 0 Å². The van der Waals surface area contributed by atoms with Crippen LogP contribution in [0.25, 0.3) is 33.1 Å². The van der Waals surface area contributed by atoms with Crippen molar-refractivity contribution in [3.05, 3.63) is 107 Å². The normalized spacial score (nSPS) is 11.0. The van der Waals surface area contributed by atoms with Crippen LogP contribution < -0.4 is 10.9 Å². The van der Waals surface area contributed by atoms with Crippen LogP contribution in [0.5, 0.6) is 0 Å². The second kappa shape index (κ2) is 7.84. The predicted octanol–water partition coefficient (Wildman–Crippen LogP) is 4.07. The topological polar surface area (TPSA) is 87.7 Å². The summed E-state index contributed by atoms with van der Waals surface area (Å²) in [4.78, 5) is 37.3. The molecule has 0 unspecified atom stereocenters. The second-order valence-corrected chi connectivity index (χ2v) is 7.15. The maximum Gasteiger partial charge on any atom is 0.258 e. The van der Waals surface area contributed by atoms with E-state index in [1.54, 1.807) is 24.3 Å². The van der Waals surface area contributed by atoms with Crippen molar-refractivity contribution in [1.29, 1.82) is 0 Å². The van der Waals surface area contributed by atoms with Gasteiger partial charge in [0.1, 0.15) is 5.82 Å². The number of amides is 1. The highest BCUT2D eigenvalue weighted by molar-refractivity contribution is 6.07. The molecular formula is C25H18N4O2. The molecule has 2 heterocycles. The minimum Gasteiger partial charge on any atom is -0.345 e. The average molecular weight is 406 g/mol. The Balaban J connectivity index is 1.49. The molecule has 0 saturated carbocycles. The number of H-pyrrole nitrogens is 1. The number of aromatic amines is 1. The summed E-state index contributed by atoms with van der Waals surface area (Å²) in [5.74, 6) is 0.144. The maximum atomic E-state index is 13.1. The van der Waals surface area contributed by atoms with Crippen molar-refractivity contribution in [2.24, 2.45) is 0 Å². The van der Waals surface area contributed by atoms with Crippen LogP contribution in [0.2, 0.25) is 0 Å². The molecule has 150 valence electrons. The van der Waals surface area contributed by atoms with Gasteiger partial charge in [-0.3, -0.25) is 9.59 Å². The van der Waals surface area contributed by atoms with Gasteiger partial charge in [-0.05, 0) is 24.3 Å². The molecule has 3 aromatic carbocycles. The van der Waals surface area contributed by atoms with Crippen LogP contribution in [-0.2, 0) is 6.54 Å². The summed E-state index contributed by atoms with van der Waals surface area (Å²) >= 11 is 0. The van der Waals surface area contributed by atoms with E-state index in [0.29, 0.717) is 22.3 Å². The molecule has 0 aliphatic carbocycles. The first kappa shape index (κ1) is 18.7. The maximum absolute atomic E-state index is 13.1. The zero-order valence-corrected chi connectivity index (χ0v) is 16.5. The number of nitrogens with zero attached hydrogens (tertiary/aromatic N) is 2. The Hall–Kier alpha value is -4.32. The molecule has 1 amide bonds.